The lowest BCUT2D eigenvalue weighted by molar-refractivity contribution is 0.654. The molecule has 0 aliphatic heterocycles. The second kappa shape index (κ2) is 4.00. The van der Waals surface area contributed by atoms with Crippen LogP contribution < -0.4 is 5.73 Å². The Balaban J connectivity index is 2.15. The van der Waals surface area contributed by atoms with E-state index in [4.69, 9.17) is 17.3 Å². The number of fused-ring (bicyclic) bond motifs is 1. The lowest BCUT2D eigenvalue weighted by atomic mass is 10.0. The van der Waals surface area contributed by atoms with Crippen molar-refractivity contribution in [1.29, 1.82) is 0 Å². The van der Waals surface area contributed by atoms with Gasteiger partial charge < -0.3 is 5.73 Å². The Bertz CT molecular complexity index is 563. The predicted molar refractivity (Wildman–Crippen MR) is 65.2 cm³/mol. The van der Waals surface area contributed by atoms with E-state index in [1.807, 2.05) is 4.57 Å². The number of aryl methyl sites for hydroxylation is 1. The average molecular weight is 250 g/mol. The molecule has 0 amide bonds. The highest BCUT2D eigenvalue weighted by atomic mass is 35.5. The average Bonchev–Trinajstić information content (AvgIpc) is 2.76. The maximum Gasteiger partial charge on any atom is 0.224 e. The second-order valence-corrected chi connectivity index (χ2v) is 4.47. The number of hydrogen-bond donors (Lipinski definition) is 1. The van der Waals surface area contributed by atoms with Crippen molar-refractivity contribution in [1.82, 2.24) is 19.5 Å². The third kappa shape index (κ3) is 1.76. The molecule has 1 aliphatic carbocycles. The number of nitrogens with two attached hydrogens (primary N) is 1. The summed E-state index contributed by atoms with van der Waals surface area (Å²) in [5, 5.41) is 0.201. The lowest BCUT2D eigenvalue weighted by Gasteiger charge is -2.14. The van der Waals surface area contributed by atoms with Gasteiger partial charge in [0.05, 0.1) is 17.6 Å². The maximum atomic E-state index is 5.88. The molecule has 17 heavy (non-hydrogen) atoms. The highest BCUT2D eigenvalue weighted by molar-refractivity contribution is 6.28. The van der Waals surface area contributed by atoms with Gasteiger partial charge in [-0.25, -0.2) is 9.97 Å². The topological polar surface area (TPSA) is 69.6 Å². The summed E-state index contributed by atoms with van der Waals surface area (Å²) in [6, 6.07) is 0. The van der Waals surface area contributed by atoms with Crippen LogP contribution in [-0.4, -0.2) is 19.5 Å². The van der Waals surface area contributed by atoms with Gasteiger partial charge in [0.15, 0.2) is 5.82 Å². The summed E-state index contributed by atoms with van der Waals surface area (Å²) in [4.78, 5) is 12.4. The molecule has 6 heteroatoms. The van der Waals surface area contributed by atoms with Gasteiger partial charge >= 0.3 is 0 Å². The van der Waals surface area contributed by atoms with Crippen molar-refractivity contribution in [3.63, 3.8) is 0 Å². The summed E-state index contributed by atoms with van der Waals surface area (Å²) < 4.78 is 1.93. The van der Waals surface area contributed by atoms with Gasteiger partial charge in [-0.2, -0.15) is 4.98 Å². The molecule has 2 aromatic rings. The quantitative estimate of drug-likeness (QED) is 0.782. The fourth-order valence-corrected chi connectivity index (χ4v) is 2.33. The molecule has 0 saturated carbocycles. The standard InChI is InChI=1S/C11H12ClN5/c12-11-14-5-7(13)10(16-11)17-6-15-8-3-1-2-4-9(8)17/h5-6H,1-4,13H2. The zero-order valence-electron chi connectivity index (χ0n) is 9.23. The van der Waals surface area contributed by atoms with Crippen LogP contribution in [0.2, 0.25) is 5.28 Å². The first-order chi connectivity index (χ1) is 8.25. The Kier molecular flexibility index (Phi) is 2.48. The van der Waals surface area contributed by atoms with Crippen molar-refractivity contribution in [2.75, 3.05) is 5.73 Å². The first-order valence-electron chi connectivity index (χ1n) is 5.59. The highest BCUT2D eigenvalue weighted by Gasteiger charge is 2.18. The number of rotatable bonds is 1. The summed E-state index contributed by atoms with van der Waals surface area (Å²) in [5.74, 6) is 0.626. The number of imidazole rings is 1. The van der Waals surface area contributed by atoms with E-state index >= 15 is 0 Å². The molecule has 0 unspecified atom stereocenters. The van der Waals surface area contributed by atoms with Crippen LogP contribution in [0.25, 0.3) is 5.82 Å². The van der Waals surface area contributed by atoms with Crippen LogP contribution in [0.15, 0.2) is 12.5 Å². The van der Waals surface area contributed by atoms with Crippen molar-refractivity contribution in [2.45, 2.75) is 25.7 Å². The molecular weight excluding hydrogens is 238 g/mol. The molecular formula is C11H12ClN5. The number of nitrogen functional groups attached to an aromatic ring is 1. The monoisotopic (exact) mass is 249 g/mol. The minimum absolute atomic E-state index is 0.201. The number of anilines is 1. The zero-order valence-corrected chi connectivity index (χ0v) is 9.98. The molecule has 0 bridgehead atoms. The minimum atomic E-state index is 0.201. The maximum absolute atomic E-state index is 5.88. The normalized spacial score (nSPS) is 14.6. The van der Waals surface area contributed by atoms with E-state index in [9.17, 15) is 0 Å². The first kappa shape index (κ1) is 10.5. The smallest absolute Gasteiger partial charge is 0.224 e. The van der Waals surface area contributed by atoms with E-state index in [-0.39, 0.29) is 5.28 Å². The van der Waals surface area contributed by atoms with Gasteiger partial charge in [-0.15, -0.1) is 0 Å². The molecule has 2 aromatic heterocycles. The SMILES string of the molecule is Nc1cnc(Cl)nc1-n1cnc2c1CCCC2. The van der Waals surface area contributed by atoms with Crippen LogP contribution in [0.3, 0.4) is 0 Å². The molecule has 88 valence electrons. The largest absolute Gasteiger partial charge is 0.394 e. The summed E-state index contributed by atoms with van der Waals surface area (Å²) in [5.41, 5.74) is 8.73. The van der Waals surface area contributed by atoms with E-state index in [1.54, 1.807) is 6.33 Å². The Morgan fingerprint density at radius 1 is 1.24 bits per heavy atom. The van der Waals surface area contributed by atoms with Gasteiger partial charge in [0.1, 0.15) is 6.33 Å². The van der Waals surface area contributed by atoms with E-state index in [1.165, 1.54) is 24.7 Å². The molecule has 0 saturated heterocycles. The summed E-state index contributed by atoms with van der Waals surface area (Å²) in [6.45, 7) is 0. The van der Waals surface area contributed by atoms with Gasteiger partial charge in [0, 0.05) is 5.69 Å². The van der Waals surface area contributed by atoms with Crippen molar-refractivity contribution in [2.24, 2.45) is 0 Å². The predicted octanol–water partition coefficient (Wildman–Crippen LogP) is 1.78. The number of aromatic nitrogens is 4. The zero-order chi connectivity index (χ0) is 11.8. The van der Waals surface area contributed by atoms with Gasteiger partial charge in [-0.05, 0) is 37.3 Å². The molecule has 0 aromatic carbocycles. The number of halogens is 1. The first-order valence-corrected chi connectivity index (χ1v) is 5.97. The van der Waals surface area contributed by atoms with Gasteiger partial charge in [-0.1, -0.05) is 0 Å². The Morgan fingerprint density at radius 2 is 2.06 bits per heavy atom. The van der Waals surface area contributed by atoms with Gasteiger partial charge in [0.25, 0.3) is 0 Å². The molecule has 5 nitrogen and oxygen atoms in total. The summed E-state index contributed by atoms with van der Waals surface area (Å²) >= 11 is 5.81. The van der Waals surface area contributed by atoms with Crippen molar-refractivity contribution in [3.8, 4) is 5.82 Å². The fraction of sp³-hybridized carbons (Fsp3) is 0.364. The Hall–Kier alpha value is -1.62. The molecule has 0 radical (unpaired) electrons. The Morgan fingerprint density at radius 3 is 2.94 bits per heavy atom. The van der Waals surface area contributed by atoms with Crippen LogP contribution in [0.4, 0.5) is 5.69 Å². The van der Waals surface area contributed by atoms with Crippen LogP contribution >= 0.6 is 11.6 Å². The summed E-state index contributed by atoms with van der Waals surface area (Å²) in [6.07, 6.45) is 7.71. The third-order valence-electron chi connectivity index (χ3n) is 3.02. The number of nitrogens with zero attached hydrogens (tertiary/aromatic N) is 4. The van der Waals surface area contributed by atoms with Crippen molar-refractivity contribution < 1.29 is 0 Å². The van der Waals surface area contributed by atoms with Crippen LogP contribution in [-0.2, 0) is 12.8 Å². The summed E-state index contributed by atoms with van der Waals surface area (Å²) in [7, 11) is 0. The third-order valence-corrected chi connectivity index (χ3v) is 3.21. The highest BCUT2D eigenvalue weighted by Crippen LogP contribution is 2.24. The molecule has 2 heterocycles. The van der Waals surface area contributed by atoms with Gasteiger partial charge in [0.2, 0.25) is 5.28 Å². The van der Waals surface area contributed by atoms with E-state index in [0.717, 1.165) is 18.5 Å². The van der Waals surface area contributed by atoms with Crippen LogP contribution in [0.1, 0.15) is 24.2 Å². The van der Waals surface area contributed by atoms with Crippen LogP contribution in [0, 0.1) is 0 Å². The fourth-order valence-electron chi connectivity index (χ4n) is 2.21. The molecule has 2 N–H and O–H groups in total. The second-order valence-electron chi connectivity index (χ2n) is 4.13. The molecule has 0 fully saturated rings. The Labute approximate surface area is 104 Å². The lowest BCUT2D eigenvalue weighted by Crippen LogP contribution is -2.10. The molecule has 3 rings (SSSR count). The van der Waals surface area contributed by atoms with E-state index in [0.29, 0.717) is 11.5 Å². The minimum Gasteiger partial charge on any atom is -0.394 e. The van der Waals surface area contributed by atoms with E-state index < -0.39 is 0 Å². The molecule has 1 aliphatic rings. The molecule has 0 spiro atoms. The van der Waals surface area contributed by atoms with E-state index in [2.05, 4.69) is 15.0 Å². The molecule has 0 atom stereocenters. The van der Waals surface area contributed by atoms with Crippen molar-refractivity contribution in [3.05, 3.63) is 29.2 Å². The van der Waals surface area contributed by atoms with Crippen LogP contribution in [0.5, 0.6) is 0 Å². The number of hydrogen-bond acceptors (Lipinski definition) is 4. The van der Waals surface area contributed by atoms with Crippen molar-refractivity contribution >= 4 is 17.3 Å². The van der Waals surface area contributed by atoms with Gasteiger partial charge in [-0.3, -0.25) is 4.57 Å².